The van der Waals surface area contributed by atoms with Crippen molar-refractivity contribution in [2.45, 2.75) is 50.9 Å². The van der Waals surface area contributed by atoms with Gasteiger partial charge in [-0.3, -0.25) is 14.3 Å². The number of nitrogens with one attached hydrogen (secondary N) is 3. The van der Waals surface area contributed by atoms with Crippen molar-refractivity contribution in [3.8, 4) is 17.2 Å². The molecule has 13 heteroatoms. The highest BCUT2D eigenvalue weighted by Crippen LogP contribution is 2.30. The number of nitrogens with zero attached hydrogens (tertiary/aromatic N) is 3. The second-order valence-corrected chi connectivity index (χ2v) is 12.0. The number of aromatic nitrogens is 2. The SMILES string of the molecule is COCCOc1cc2cc(c1)C(=O)NCCNC(=O)N[C@H]1CCN(C(=O)c3c4c(nn3C)CCCC4)C[C@@H]1OCc1cccc(c1)O2. The topological polar surface area (TPSA) is 145 Å². The molecule has 3 aromatic rings. The van der Waals surface area contributed by atoms with Crippen molar-refractivity contribution < 1.29 is 33.3 Å². The minimum atomic E-state index is -0.464. The highest BCUT2D eigenvalue weighted by Gasteiger charge is 2.36. The summed E-state index contributed by atoms with van der Waals surface area (Å²) >= 11 is 0. The van der Waals surface area contributed by atoms with Crippen LogP contribution in [0.4, 0.5) is 4.79 Å². The fraction of sp³-hybridized carbons (Fsp3) is 0.471. The van der Waals surface area contributed by atoms with Gasteiger partial charge in [0.05, 0.1) is 31.1 Å². The zero-order chi connectivity index (χ0) is 32.8. The molecule has 6 rings (SSSR count). The third-order valence-electron chi connectivity index (χ3n) is 8.68. The van der Waals surface area contributed by atoms with Crippen molar-refractivity contribution in [1.29, 1.82) is 0 Å². The van der Waals surface area contributed by atoms with Gasteiger partial charge in [0.25, 0.3) is 11.8 Å². The largest absolute Gasteiger partial charge is 0.491 e. The summed E-state index contributed by atoms with van der Waals surface area (Å²) < 4.78 is 25.2. The lowest BCUT2D eigenvalue weighted by molar-refractivity contribution is -0.0238. The molecule has 1 saturated heterocycles. The van der Waals surface area contributed by atoms with Crippen LogP contribution in [0.1, 0.15) is 56.9 Å². The molecular weight excluding hydrogens is 604 g/mol. The maximum absolute atomic E-state index is 13.9. The second kappa shape index (κ2) is 14.9. The summed E-state index contributed by atoms with van der Waals surface area (Å²) in [4.78, 5) is 41.7. The number of hydrogen-bond donors (Lipinski definition) is 3. The molecule has 1 aromatic heterocycles. The Morgan fingerprint density at radius 2 is 1.89 bits per heavy atom. The van der Waals surface area contributed by atoms with Gasteiger partial charge in [0.15, 0.2) is 0 Å². The van der Waals surface area contributed by atoms with Gasteiger partial charge in [0, 0.05) is 57.5 Å². The molecule has 47 heavy (non-hydrogen) atoms. The normalized spacial score (nSPS) is 20.3. The molecule has 250 valence electrons. The minimum Gasteiger partial charge on any atom is -0.491 e. The van der Waals surface area contributed by atoms with Crippen LogP contribution in [-0.4, -0.2) is 91.2 Å². The van der Waals surface area contributed by atoms with E-state index in [9.17, 15) is 14.4 Å². The predicted octanol–water partition coefficient (Wildman–Crippen LogP) is 2.96. The lowest BCUT2D eigenvalue weighted by atomic mass is 9.95. The number of rotatable bonds is 5. The Balaban J connectivity index is 1.22. The second-order valence-electron chi connectivity index (χ2n) is 12.0. The molecule has 4 amide bonds. The third kappa shape index (κ3) is 7.86. The van der Waals surface area contributed by atoms with E-state index in [1.54, 1.807) is 30.0 Å². The molecule has 3 N–H and O–H groups in total. The van der Waals surface area contributed by atoms with E-state index in [-0.39, 0.29) is 43.6 Å². The molecule has 13 nitrogen and oxygen atoms in total. The highest BCUT2D eigenvalue weighted by molar-refractivity contribution is 5.95. The fourth-order valence-corrected chi connectivity index (χ4v) is 6.33. The van der Waals surface area contributed by atoms with Gasteiger partial charge in [0.2, 0.25) is 0 Å². The van der Waals surface area contributed by atoms with E-state index in [1.165, 1.54) is 0 Å². The number of ether oxygens (including phenoxy) is 4. The van der Waals surface area contributed by atoms with Gasteiger partial charge < -0.3 is 39.8 Å². The highest BCUT2D eigenvalue weighted by atomic mass is 16.5. The Bertz CT molecular complexity index is 1610. The number of benzene rings is 2. The molecule has 4 bridgehead atoms. The summed E-state index contributed by atoms with van der Waals surface area (Å²) in [5.74, 6) is 1.06. The van der Waals surface area contributed by atoms with Crippen LogP contribution in [0.25, 0.3) is 0 Å². The van der Waals surface area contributed by atoms with Crippen LogP contribution < -0.4 is 25.4 Å². The van der Waals surface area contributed by atoms with Gasteiger partial charge in [-0.05, 0) is 61.9 Å². The summed E-state index contributed by atoms with van der Waals surface area (Å²) in [6.07, 6.45) is 3.94. The quantitative estimate of drug-likeness (QED) is 0.359. The Morgan fingerprint density at radius 3 is 2.77 bits per heavy atom. The van der Waals surface area contributed by atoms with Gasteiger partial charge in [-0.25, -0.2) is 4.79 Å². The Hall–Kier alpha value is -4.62. The molecule has 0 spiro atoms. The van der Waals surface area contributed by atoms with E-state index in [0.29, 0.717) is 61.2 Å². The average Bonchev–Trinajstić information content (AvgIpc) is 3.41. The molecule has 2 aromatic carbocycles. The van der Waals surface area contributed by atoms with Crippen LogP contribution in [-0.2, 0) is 36.0 Å². The lowest BCUT2D eigenvalue weighted by Gasteiger charge is -2.38. The molecular formula is C34H42N6O7. The summed E-state index contributed by atoms with van der Waals surface area (Å²) in [6.45, 7) is 2.14. The van der Waals surface area contributed by atoms with Crippen LogP contribution in [0.2, 0.25) is 0 Å². The first kappa shape index (κ1) is 32.3. The van der Waals surface area contributed by atoms with Crippen molar-refractivity contribution >= 4 is 17.8 Å². The number of likely N-dealkylation sites (tertiary alicyclic amines) is 1. The van der Waals surface area contributed by atoms with E-state index in [2.05, 4.69) is 21.0 Å². The number of aryl methyl sites for hydroxylation is 2. The number of amides is 4. The van der Waals surface area contributed by atoms with Crippen LogP contribution in [0.5, 0.6) is 17.2 Å². The molecule has 2 atom stereocenters. The zero-order valence-electron chi connectivity index (χ0n) is 26.9. The fourth-order valence-electron chi connectivity index (χ4n) is 6.33. The van der Waals surface area contributed by atoms with Crippen molar-refractivity contribution in [2.24, 2.45) is 7.05 Å². The van der Waals surface area contributed by atoms with Crippen molar-refractivity contribution in [2.75, 3.05) is 46.5 Å². The van der Waals surface area contributed by atoms with Gasteiger partial charge in [-0.2, -0.15) is 5.10 Å². The van der Waals surface area contributed by atoms with E-state index in [4.69, 9.17) is 18.9 Å². The smallest absolute Gasteiger partial charge is 0.315 e. The average molecular weight is 647 g/mol. The van der Waals surface area contributed by atoms with Gasteiger partial charge in [0.1, 0.15) is 29.5 Å². The Kier molecular flexibility index (Phi) is 10.2. The Labute approximate surface area is 273 Å². The molecule has 3 heterocycles. The Morgan fingerprint density at radius 1 is 1.04 bits per heavy atom. The lowest BCUT2D eigenvalue weighted by Crippen LogP contribution is -2.58. The molecule has 0 saturated carbocycles. The number of urea groups is 1. The predicted molar refractivity (Wildman–Crippen MR) is 172 cm³/mol. The number of carbonyl (C=O) groups is 3. The van der Waals surface area contributed by atoms with Gasteiger partial charge >= 0.3 is 6.03 Å². The minimum absolute atomic E-state index is 0.0620. The van der Waals surface area contributed by atoms with E-state index < -0.39 is 6.10 Å². The summed E-state index contributed by atoms with van der Waals surface area (Å²) in [5, 5.41) is 13.3. The first-order valence-electron chi connectivity index (χ1n) is 16.2. The number of fused-ring (bicyclic) bond motifs is 6. The van der Waals surface area contributed by atoms with Crippen LogP contribution in [0.15, 0.2) is 42.5 Å². The molecule has 1 fully saturated rings. The molecule has 0 unspecified atom stereocenters. The van der Waals surface area contributed by atoms with Crippen LogP contribution in [0.3, 0.4) is 0 Å². The first-order valence-corrected chi connectivity index (χ1v) is 16.2. The van der Waals surface area contributed by atoms with Crippen molar-refractivity contribution in [1.82, 2.24) is 30.6 Å². The monoisotopic (exact) mass is 646 g/mol. The summed E-state index contributed by atoms with van der Waals surface area (Å²) in [7, 11) is 3.42. The molecule has 3 aliphatic rings. The van der Waals surface area contributed by atoms with E-state index >= 15 is 0 Å². The van der Waals surface area contributed by atoms with E-state index in [1.807, 2.05) is 36.2 Å². The third-order valence-corrected chi connectivity index (χ3v) is 8.68. The molecule has 1 aliphatic carbocycles. The number of methoxy groups -OCH3 is 1. The molecule has 0 radical (unpaired) electrons. The van der Waals surface area contributed by atoms with Crippen molar-refractivity contribution in [3.63, 3.8) is 0 Å². The number of piperidine rings is 1. The van der Waals surface area contributed by atoms with Crippen LogP contribution >= 0.6 is 0 Å². The van der Waals surface area contributed by atoms with Gasteiger partial charge in [-0.1, -0.05) is 12.1 Å². The molecule has 2 aliphatic heterocycles. The summed E-state index contributed by atoms with van der Waals surface area (Å²) in [5.41, 5.74) is 3.92. The van der Waals surface area contributed by atoms with Crippen molar-refractivity contribution in [3.05, 3.63) is 70.5 Å². The maximum atomic E-state index is 13.9. The standard InChI is InChI=1S/C34H42N6O7/c1-39-31(27-8-3-4-9-28(27)38-39)33(42)40-13-10-29-30(20-40)46-21-22-6-5-7-24(16-22)47-26-18-23(17-25(19-26)45-15-14-44-2)32(41)35-11-12-36-34(43)37-29/h5-7,16-19,29-30H,3-4,8-15,20-21H2,1-2H3,(H,35,41)(H2,36,37,43)/t29-,30-/m0/s1. The van der Waals surface area contributed by atoms with E-state index in [0.717, 1.165) is 42.5 Å². The number of carbonyl (C=O) groups excluding carboxylic acids is 3. The first-order chi connectivity index (χ1) is 22.9. The zero-order valence-corrected chi connectivity index (χ0v) is 26.9. The number of hydrogen-bond acceptors (Lipinski definition) is 8. The van der Waals surface area contributed by atoms with Gasteiger partial charge in [-0.15, -0.1) is 0 Å². The summed E-state index contributed by atoms with van der Waals surface area (Å²) in [6, 6.07) is 11.8. The maximum Gasteiger partial charge on any atom is 0.315 e. The van der Waals surface area contributed by atoms with Crippen LogP contribution in [0, 0.1) is 0 Å².